The monoisotopic (exact) mass is 323 g/mol. The van der Waals surface area contributed by atoms with Crippen LogP contribution < -0.4 is 10.1 Å². The molecular weight excluding hydrogens is 302 g/mol. The summed E-state index contributed by atoms with van der Waals surface area (Å²) in [7, 11) is 0. The van der Waals surface area contributed by atoms with Crippen molar-refractivity contribution in [3.8, 4) is 5.88 Å². The molecule has 1 amide bonds. The molecule has 5 heteroatoms. The summed E-state index contributed by atoms with van der Waals surface area (Å²) in [5.74, 6) is 0.521. The third-order valence-electron chi connectivity index (χ3n) is 4.07. The Morgan fingerprint density at radius 3 is 2.62 bits per heavy atom. The number of hydrogen-bond acceptors (Lipinski definition) is 4. The zero-order valence-corrected chi connectivity index (χ0v) is 13.5. The van der Waals surface area contributed by atoms with Crippen molar-refractivity contribution in [2.24, 2.45) is 0 Å². The normalized spacial score (nSPS) is 20.7. The fourth-order valence-corrected chi connectivity index (χ4v) is 2.83. The molecule has 1 aromatic heterocycles. The highest BCUT2D eigenvalue weighted by Gasteiger charge is 2.23. The van der Waals surface area contributed by atoms with Crippen molar-refractivity contribution in [2.45, 2.75) is 37.8 Å². The van der Waals surface area contributed by atoms with Crippen molar-refractivity contribution < 1.29 is 9.53 Å². The van der Waals surface area contributed by atoms with Gasteiger partial charge in [0.25, 0.3) is 0 Å². The van der Waals surface area contributed by atoms with Crippen LogP contribution in [0, 0.1) is 0 Å². The van der Waals surface area contributed by atoms with Crippen LogP contribution in [-0.4, -0.2) is 28.0 Å². The molecule has 0 unspecified atom stereocenters. The summed E-state index contributed by atoms with van der Waals surface area (Å²) < 4.78 is 5.81. The lowest BCUT2D eigenvalue weighted by molar-refractivity contribution is -0.117. The average molecular weight is 323 g/mol. The lowest BCUT2D eigenvalue weighted by atomic mass is 9.93. The smallest absolute Gasteiger partial charge is 0.244 e. The average Bonchev–Trinajstić information content (AvgIpc) is 2.63. The van der Waals surface area contributed by atoms with Crippen LogP contribution in [0.2, 0.25) is 0 Å². The molecule has 24 heavy (non-hydrogen) atoms. The second-order valence-corrected chi connectivity index (χ2v) is 5.89. The molecule has 1 N–H and O–H groups in total. The Morgan fingerprint density at radius 2 is 1.92 bits per heavy atom. The zero-order chi connectivity index (χ0) is 16.6. The van der Waals surface area contributed by atoms with E-state index in [9.17, 15) is 4.79 Å². The Bertz CT molecular complexity index is 666. The summed E-state index contributed by atoms with van der Waals surface area (Å²) in [6, 6.07) is 10.0. The maximum absolute atomic E-state index is 12.0. The van der Waals surface area contributed by atoms with Gasteiger partial charge in [-0.25, -0.2) is 4.98 Å². The van der Waals surface area contributed by atoms with E-state index in [1.54, 1.807) is 24.7 Å². The fourth-order valence-electron chi connectivity index (χ4n) is 2.83. The highest BCUT2D eigenvalue weighted by atomic mass is 16.5. The molecular formula is C19H21N3O2. The maximum Gasteiger partial charge on any atom is 0.244 e. The van der Waals surface area contributed by atoms with Crippen molar-refractivity contribution >= 4 is 12.0 Å². The topological polar surface area (TPSA) is 64.1 Å². The number of aromatic nitrogens is 2. The quantitative estimate of drug-likeness (QED) is 0.859. The number of hydrogen-bond donors (Lipinski definition) is 1. The molecule has 1 aromatic carbocycles. The lowest BCUT2D eigenvalue weighted by Gasteiger charge is -2.28. The number of ether oxygens (including phenoxy) is 1. The Labute approximate surface area is 141 Å². The van der Waals surface area contributed by atoms with Gasteiger partial charge in [-0.15, -0.1) is 0 Å². The molecule has 0 saturated heterocycles. The number of amides is 1. The second-order valence-electron chi connectivity index (χ2n) is 5.89. The molecule has 1 aliphatic carbocycles. The second kappa shape index (κ2) is 8.24. The molecule has 3 rings (SSSR count). The summed E-state index contributed by atoms with van der Waals surface area (Å²) in [6.07, 6.45) is 12.1. The predicted molar refractivity (Wildman–Crippen MR) is 92.3 cm³/mol. The van der Waals surface area contributed by atoms with Crippen molar-refractivity contribution in [2.75, 3.05) is 0 Å². The highest BCUT2D eigenvalue weighted by molar-refractivity contribution is 5.91. The van der Waals surface area contributed by atoms with Crippen molar-refractivity contribution in [1.82, 2.24) is 15.3 Å². The van der Waals surface area contributed by atoms with Gasteiger partial charge in [0, 0.05) is 24.5 Å². The number of carbonyl (C=O) groups excluding carboxylic acids is 1. The van der Waals surface area contributed by atoms with Gasteiger partial charge in [-0.1, -0.05) is 30.3 Å². The van der Waals surface area contributed by atoms with Crippen molar-refractivity contribution in [3.05, 3.63) is 60.6 Å². The Morgan fingerprint density at radius 1 is 1.12 bits per heavy atom. The maximum atomic E-state index is 12.0. The van der Waals surface area contributed by atoms with E-state index >= 15 is 0 Å². The highest BCUT2D eigenvalue weighted by Crippen LogP contribution is 2.22. The molecule has 1 fully saturated rings. The van der Waals surface area contributed by atoms with Crippen LogP contribution >= 0.6 is 0 Å². The fraction of sp³-hybridized carbons (Fsp3) is 0.316. The van der Waals surface area contributed by atoms with Gasteiger partial charge in [-0.3, -0.25) is 9.78 Å². The number of nitrogens with one attached hydrogen (secondary N) is 1. The molecule has 0 atom stereocenters. The Kier molecular flexibility index (Phi) is 5.56. The number of rotatable bonds is 5. The molecule has 0 aliphatic heterocycles. The Hall–Kier alpha value is -2.69. The van der Waals surface area contributed by atoms with E-state index in [2.05, 4.69) is 15.3 Å². The molecule has 5 nitrogen and oxygen atoms in total. The van der Waals surface area contributed by atoms with Gasteiger partial charge in [0.15, 0.2) is 0 Å². The van der Waals surface area contributed by atoms with Crippen LogP contribution in [0.1, 0.15) is 31.2 Å². The molecule has 124 valence electrons. The summed E-state index contributed by atoms with van der Waals surface area (Å²) in [4.78, 5) is 20.1. The largest absolute Gasteiger partial charge is 0.473 e. The molecule has 1 heterocycles. The molecule has 0 radical (unpaired) electrons. The van der Waals surface area contributed by atoms with Crippen molar-refractivity contribution in [3.63, 3.8) is 0 Å². The van der Waals surface area contributed by atoms with Gasteiger partial charge in [0.1, 0.15) is 6.10 Å². The summed E-state index contributed by atoms with van der Waals surface area (Å²) in [5, 5.41) is 3.06. The van der Waals surface area contributed by atoms with Crippen LogP contribution in [-0.2, 0) is 4.79 Å². The van der Waals surface area contributed by atoms with Gasteiger partial charge in [-0.2, -0.15) is 0 Å². The van der Waals surface area contributed by atoms with Crippen LogP contribution in [0.4, 0.5) is 0 Å². The first kappa shape index (κ1) is 16.2. The van der Waals surface area contributed by atoms with Gasteiger partial charge >= 0.3 is 0 Å². The van der Waals surface area contributed by atoms with Crippen LogP contribution in [0.3, 0.4) is 0 Å². The van der Waals surface area contributed by atoms with E-state index < -0.39 is 0 Å². The van der Waals surface area contributed by atoms with E-state index in [0.29, 0.717) is 5.88 Å². The number of benzene rings is 1. The standard InChI is InChI=1S/C19H21N3O2/c23-18(11-6-15-4-2-1-3-5-15)22-16-7-9-17(10-8-16)24-19-14-20-12-13-21-19/h1-6,11-14,16-17H,7-10H2,(H,22,23)/b11-6+. The number of carbonyl (C=O) groups is 1. The minimum absolute atomic E-state index is 0.0443. The molecule has 1 aliphatic rings. The minimum atomic E-state index is -0.0443. The zero-order valence-electron chi connectivity index (χ0n) is 13.5. The third kappa shape index (κ3) is 4.91. The first-order valence-corrected chi connectivity index (χ1v) is 8.26. The van der Waals surface area contributed by atoms with Crippen molar-refractivity contribution in [1.29, 1.82) is 0 Å². The molecule has 2 aromatic rings. The van der Waals surface area contributed by atoms with E-state index in [1.165, 1.54) is 0 Å². The summed E-state index contributed by atoms with van der Waals surface area (Å²) >= 11 is 0. The summed E-state index contributed by atoms with van der Waals surface area (Å²) in [6.45, 7) is 0. The van der Waals surface area contributed by atoms with E-state index in [1.807, 2.05) is 36.4 Å². The van der Waals surface area contributed by atoms with Gasteiger partial charge in [-0.05, 0) is 37.3 Å². The SMILES string of the molecule is O=C(/C=C/c1ccccc1)NC1CCC(Oc2cnccn2)CC1. The molecule has 1 saturated carbocycles. The van der Waals surface area contributed by atoms with Crippen LogP contribution in [0.15, 0.2) is 55.0 Å². The van der Waals surface area contributed by atoms with E-state index in [-0.39, 0.29) is 18.1 Å². The summed E-state index contributed by atoms with van der Waals surface area (Å²) in [5.41, 5.74) is 1.02. The van der Waals surface area contributed by atoms with Gasteiger partial charge < -0.3 is 10.1 Å². The van der Waals surface area contributed by atoms with Gasteiger partial charge in [0.2, 0.25) is 11.8 Å². The minimum Gasteiger partial charge on any atom is -0.473 e. The lowest BCUT2D eigenvalue weighted by Crippen LogP contribution is -2.39. The third-order valence-corrected chi connectivity index (χ3v) is 4.07. The predicted octanol–water partition coefficient (Wildman–Crippen LogP) is 3.00. The molecule has 0 bridgehead atoms. The molecule has 0 spiro atoms. The van der Waals surface area contributed by atoms with Crippen LogP contribution in [0.25, 0.3) is 6.08 Å². The van der Waals surface area contributed by atoms with Gasteiger partial charge in [0.05, 0.1) is 6.20 Å². The Balaban J connectivity index is 1.42. The van der Waals surface area contributed by atoms with Crippen LogP contribution in [0.5, 0.6) is 5.88 Å². The number of nitrogens with zero attached hydrogens (tertiary/aromatic N) is 2. The first-order chi connectivity index (χ1) is 11.8. The van der Waals surface area contributed by atoms with E-state index in [4.69, 9.17) is 4.74 Å². The van der Waals surface area contributed by atoms with E-state index in [0.717, 1.165) is 31.2 Å². The first-order valence-electron chi connectivity index (χ1n) is 8.26.